The molecule has 1 heterocycles. The van der Waals surface area contributed by atoms with Crippen molar-refractivity contribution in [3.8, 4) is 0 Å². The van der Waals surface area contributed by atoms with E-state index in [1.807, 2.05) is 13.8 Å². The number of hydrogen-bond acceptors (Lipinski definition) is 3. The maximum atomic E-state index is 11.5. The quantitative estimate of drug-likeness (QED) is 0.865. The van der Waals surface area contributed by atoms with Crippen LogP contribution in [0.3, 0.4) is 0 Å². The molecule has 146 valence electrons. The first kappa shape index (κ1) is 20.9. The van der Waals surface area contributed by atoms with Gasteiger partial charge in [-0.15, -0.1) is 0 Å². The van der Waals surface area contributed by atoms with Gasteiger partial charge in [0, 0.05) is 12.3 Å². The van der Waals surface area contributed by atoms with Crippen LogP contribution in [0, 0.1) is 0 Å². The smallest absolute Gasteiger partial charge is 0.251 e. The Morgan fingerprint density at radius 3 is 2.22 bits per heavy atom. The van der Waals surface area contributed by atoms with Crippen LogP contribution in [-0.2, 0) is 5.54 Å². The van der Waals surface area contributed by atoms with E-state index in [-0.39, 0.29) is 17.7 Å². The average Bonchev–Trinajstić information content (AvgIpc) is 3.45. The van der Waals surface area contributed by atoms with Gasteiger partial charge in [-0.1, -0.05) is 50.6 Å². The number of aromatic nitrogens is 1. The minimum absolute atomic E-state index is 0.0882. The predicted octanol–water partition coefficient (Wildman–Crippen LogP) is 3.41. The number of carbonyl (C=O) groups excluding carboxylic acids is 1. The first-order valence-corrected chi connectivity index (χ1v) is 9.74. The molecule has 2 aromatic rings. The zero-order chi connectivity index (χ0) is 19.9. The summed E-state index contributed by atoms with van der Waals surface area (Å²) in [6.45, 7) is 3.91. The van der Waals surface area contributed by atoms with E-state index in [2.05, 4.69) is 30.3 Å². The topological polar surface area (TPSA) is 85.3 Å². The van der Waals surface area contributed by atoms with Gasteiger partial charge in [-0.05, 0) is 43.2 Å². The van der Waals surface area contributed by atoms with Crippen LogP contribution in [0.2, 0.25) is 0 Å². The molecule has 5 nitrogen and oxygen atoms in total. The Labute approximate surface area is 160 Å². The zero-order valence-electron chi connectivity index (χ0n) is 16.2. The summed E-state index contributed by atoms with van der Waals surface area (Å²) >= 11 is 0. The van der Waals surface area contributed by atoms with Crippen molar-refractivity contribution in [2.75, 3.05) is 6.61 Å². The zero-order valence-corrected chi connectivity index (χ0v) is 16.2. The van der Waals surface area contributed by atoms with Gasteiger partial charge in [0.2, 0.25) is 5.91 Å². The summed E-state index contributed by atoms with van der Waals surface area (Å²) in [5.74, 6) is 0.318. The van der Waals surface area contributed by atoms with E-state index in [0.717, 1.165) is 18.8 Å². The lowest BCUT2D eigenvalue weighted by molar-refractivity contribution is 0.0998. The van der Waals surface area contributed by atoms with Crippen molar-refractivity contribution in [3.63, 3.8) is 0 Å². The van der Waals surface area contributed by atoms with Crippen LogP contribution >= 0.6 is 0 Å². The summed E-state index contributed by atoms with van der Waals surface area (Å²) in [6.07, 6.45) is 7.18. The molecule has 3 N–H and O–H groups in total. The van der Waals surface area contributed by atoms with Crippen LogP contribution in [-0.4, -0.2) is 22.2 Å². The van der Waals surface area contributed by atoms with E-state index >= 15 is 0 Å². The Morgan fingerprint density at radius 2 is 1.78 bits per heavy atom. The molecule has 1 amide bonds. The molecular weight excluding hydrogens is 340 g/mol. The second-order valence-electron chi connectivity index (χ2n) is 6.91. The Hall–Kier alpha value is -2.40. The minimum atomic E-state index is -0.572. The molecule has 1 aromatic heterocycles. The van der Waals surface area contributed by atoms with Crippen molar-refractivity contribution >= 4 is 5.91 Å². The normalized spacial score (nSPS) is 16.7. The van der Waals surface area contributed by atoms with Gasteiger partial charge in [0.25, 0.3) is 5.56 Å². The molecule has 27 heavy (non-hydrogen) atoms. The van der Waals surface area contributed by atoms with E-state index in [0.29, 0.717) is 0 Å². The Morgan fingerprint density at radius 1 is 1.15 bits per heavy atom. The molecule has 0 spiro atoms. The second-order valence-corrected chi connectivity index (χ2v) is 6.91. The van der Waals surface area contributed by atoms with E-state index in [1.165, 1.54) is 47.7 Å². The molecule has 0 unspecified atom stereocenters. The third-order valence-corrected chi connectivity index (χ3v) is 5.20. The summed E-state index contributed by atoms with van der Waals surface area (Å²) < 4.78 is 1.41. The van der Waals surface area contributed by atoms with Crippen molar-refractivity contribution in [2.45, 2.75) is 57.4 Å². The fraction of sp³-hybridized carbons (Fsp3) is 0.455. The highest BCUT2D eigenvalue weighted by Gasteiger charge is 2.44. The summed E-state index contributed by atoms with van der Waals surface area (Å²) in [6, 6.07) is 13.5. The summed E-state index contributed by atoms with van der Waals surface area (Å²) in [4.78, 5) is 22.5. The van der Waals surface area contributed by atoms with Crippen molar-refractivity contribution in [2.24, 2.45) is 5.73 Å². The summed E-state index contributed by atoms with van der Waals surface area (Å²) in [7, 11) is 0. The van der Waals surface area contributed by atoms with Crippen molar-refractivity contribution in [3.05, 3.63) is 70.1 Å². The average molecular weight is 370 g/mol. The fourth-order valence-corrected chi connectivity index (χ4v) is 3.09. The predicted molar refractivity (Wildman–Crippen MR) is 108 cm³/mol. The standard InChI is InChI=1S/C10H12N2O3.C10H12.C2H6/c11-9(15)7-1-2-8(14)12(5-7)10(6-13)3-4-10;1-2-5-9(6-3-1)10-7-4-8-10;1-2/h1-2,5,13H,3-4,6H2,(H2,11,15);1-3,5-6,10H,4,7-8H2;1-2H3. The molecule has 0 saturated heterocycles. The lowest BCUT2D eigenvalue weighted by atomic mass is 9.80. The molecule has 2 aliphatic rings. The number of benzene rings is 1. The highest BCUT2D eigenvalue weighted by molar-refractivity contribution is 5.92. The number of aliphatic hydroxyl groups excluding tert-OH is 1. The third kappa shape index (κ3) is 5.07. The van der Waals surface area contributed by atoms with Crippen LogP contribution < -0.4 is 11.3 Å². The first-order valence-electron chi connectivity index (χ1n) is 9.74. The molecule has 0 atom stereocenters. The van der Waals surface area contributed by atoms with Gasteiger partial charge >= 0.3 is 0 Å². The molecule has 0 aliphatic heterocycles. The van der Waals surface area contributed by atoms with Crippen molar-refractivity contribution in [1.82, 2.24) is 4.57 Å². The molecule has 2 fully saturated rings. The van der Waals surface area contributed by atoms with Crippen LogP contribution in [0.5, 0.6) is 0 Å². The van der Waals surface area contributed by atoms with Crippen LogP contribution in [0.15, 0.2) is 53.5 Å². The molecule has 1 aromatic carbocycles. The van der Waals surface area contributed by atoms with Crippen LogP contribution in [0.4, 0.5) is 0 Å². The van der Waals surface area contributed by atoms with Crippen molar-refractivity contribution in [1.29, 1.82) is 0 Å². The lowest BCUT2D eigenvalue weighted by Gasteiger charge is -2.25. The highest BCUT2D eigenvalue weighted by atomic mass is 16.3. The molecule has 0 radical (unpaired) electrons. The summed E-state index contributed by atoms with van der Waals surface area (Å²) in [5, 5.41) is 9.19. The van der Waals surface area contributed by atoms with E-state index in [9.17, 15) is 14.7 Å². The van der Waals surface area contributed by atoms with Gasteiger partial charge in [-0.25, -0.2) is 0 Å². The maximum absolute atomic E-state index is 11.5. The number of hydrogen-bond donors (Lipinski definition) is 2. The van der Waals surface area contributed by atoms with E-state index in [4.69, 9.17) is 5.73 Å². The fourth-order valence-electron chi connectivity index (χ4n) is 3.09. The molecule has 5 heteroatoms. The number of nitrogens with two attached hydrogens (primary N) is 1. The Kier molecular flexibility index (Phi) is 7.36. The summed E-state index contributed by atoms with van der Waals surface area (Å²) in [5.41, 5.74) is 6.23. The van der Waals surface area contributed by atoms with Crippen LogP contribution in [0.25, 0.3) is 0 Å². The molecule has 4 rings (SSSR count). The molecule has 0 bridgehead atoms. The van der Waals surface area contributed by atoms with Gasteiger partial charge in [-0.3, -0.25) is 9.59 Å². The number of rotatable bonds is 4. The van der Waals surface area contributed by atoms with Gasteiger partial charge in [0.05, 0.1) is 17.7 Å². The number of amides is 1. The van der Waals surface area contributed by atoms with Gasteiger partial charge in [0.1, 0.15) is 0 Å². The highest BCUT2D eigenvalue weighted by Crippen LogP contribution is 2.41. The van der Waals surface area contributed by atoms with E-state index < -0.39 is 11.4 Å². The van der Waals surface area contributed by atoms with Gasteiger partial charge in [-0.2, -0.15) is 0 Å². The monoisotopic (exact) mass is 370 g/mol. The Bertz CT molecular complexity index is 791. The number of carbonyl (C=O) groups is 1. The largest absolute Gasteiger partial charge is 0.394 e. The lowest BCUT2D eigenvalue weighted by Crippen LogP contribution is -2.33. The first-order chi connectivity index (χ1) is 13.1. The molecule has 2 saturated carbocycles. The number of pyridine rings is 1. The minimum Gasteiger partial charge on any atom is -0.394 e. The number of primary amides is 1. The maximum Gasteiger partial charge on any atom is 0.251 e. The SMILES string of the molecule is CC.NC(=O)c1ccc(=O)n(C2(CO)CC2)c1.c1ccc(C2CCC2)cc1. The van der Waals surface area contributed by atoms with Gasteiger partial charge < -0.3 is 15.4 Å². The molecule has 2 aliphatic carbocycles. The molecular formula is C22H30N2O3. The van der Waals surface area contributed by atoms with Crippen molar-refractivity contribution < 1.29 is 9.90 Å². The second kappa shape index (κ2) is 9.51. The third-order valence-electron chi connectivity index (χ3n) is 5.20. The Balaban J connectivity index is 0.000000189. The number of nitrogens with zero attached hydrogens (tertiary/aromatic N) is 1. The van der Waals surface area contributed by atoms with Gasteiger partial charge in [0.15, 0.2) is 0 Å². The number of aliphatic hydroxyl groups is 1. The van der Waals surface area contributed by atoms with Crippen LogP contribution in [0.1, 0.15) is 67.8 Å². The van der Waals surface area contributed by atoms with E-state index in [1.54, 1.807) is 0 Å².